The topological polar surface area (TPSA) is 79.6 Å². The molecule has 2 fully saturated rings. The zero-order valence-corrected chi connectivity index (χ0v) is 18.2. The second-order valence-corrected chi connectivity index (χ2v) is 9.12. The number of hydrogen-bond donors (Lipinski definition) is 2. The van der Waals surface area contributed by atoms with Gasteiger partial charge in [-0.2, -0.15) is 0 Å². The van der Waals surface area contributed by atoms with Gasteiger partial charge in [-0.1, -0.05) is 19.0 Å². The molecule has 1 aliphatic heterocycles. The van der Waals surface area contributed by atoms with Crippen LogP contribution >= 0.6 is 0 Å². The summed E-state index contributed by atoms with van der Waals surface area (Å²) in [4.78, 5) is 14.8. The molecule has 32 heavy (non-hydrogen) atoms. The molecule has 7 nitrogen and oxygen atoms in total. The summed E-state index contributed by atoms with van der Waals surface area (Å²) in [6, 6.07) is 4.40. The van der Waals surface area contributed by atoms with Crippen LogP contribution in [0.25, 0.3) is 11.0 Å². The lowest BCUT2D eigenvalue weighted by molar-refractivity contribution is -0.274. The molecule has 1 aromatic carbocycles. The molecule has 0 radical (unpaired) electrons. The molecule has 1 saturated heterocycles. The number of rotatable bonds is 7. The molecule has 0 atom stereocenters. The normalized spacial score (nSPS) is 22.7. The number of nitrogens with one attached hydrogen (secondary N) is 2. The van der Waals surface area contributed by atoms with E-state index >= 15 is 0 Å². The van der Waals surface area contributed by atoms with Gasteiger partial charge in [0.1, 0.15) is 5.75 Å². The number of carbonyl (C=O) groups excluding carboxylic acids is 1. The highest BCUT2D eigenvalue weighted by Crippen LogP contribution is 2.34. The Morgan fingerprint density at radius 2 is 1.97 bits per heavy atom. The van der Waals surface area contributed by atoms with Crippen LogP contribution in [0.3, 0.4) is 0 Å². The molecule has 1 aromatic heterocycles. The smallest absolute Gasteiger partial charge is 0.406 e. The van der Waals surface area contributed by atoms with Crippen LogP contribution in [0.1, 0.15) is 39.5 Å². The minimum Gasteiger partial charge on any atom is -0.406 e. The average molecular weight is 454 g/mol. The number of ether oxygens (including phenoxy) is 1. The maximum atomic E-state index is 12.4. The highest BCUT2D eigenvalue weighted by Gasteiger charge is 2.35. The predicted molar refractivity (Wildman–Crippen MR) is 113 cm³/mol. The molecule has 2 N–H and O–H groups in total. The first kappa shape index (κ1) is 22.7. The summed E-state index contributed by atoms with van der Waals surface area (Å²) < 4.78 is 46.4. The predicted octanol–water partition coefficient (Wildman–Crippen LogP) is 4.15. The lowest BCUT2D eigenvalue weighted by Crippen LogP contribution is -2.63. The second-order valence-electron chi connectivity index (χ2n) is 9.12. The van der Waals surface area contributed by atoms with Crippen molar-refractivity contribution in [3.63, 3.8) is 0 Å². The van der Waals surface area contributed by atoms with Crippen molar-refractivity contribution in [2.45, 2.75) is 58.0 Å². The van der Waals surface area contributed by atoms with E-state index < -0.39 is 6.36 Å². The molecule has 10 heteroatoms. The molecular formula is C22H29F3N4O3. The minimum atomic E-state index is -4.79. The fourth-order valence-electron chi connectivity index (χ4n) is 4.72. The maximum Gasteiger partial charge on any atom is 0.573 e. The van der Waals surface area contributed by atoms with E-state index in [0.29, 0.717) is 17.0 Å². The third kappa shape index (κ3) is 5.46. The lowest BCUT2D eigenvalue weighted by Gasteiger charge is -2.47. The zero-order chi connectivity index (χ0) is 22.9. The van der Waals surface area contributed by atoms with Crippen LogP contribution < -0.4 is 15.4 Å². The van der Waals surface area contributed by atoms with E-state index in [9.17, 15) is 18.0 Å². The Labute approximate surface area is 184 Å². The average Bonchev–Trinajstić information content (AvgIpc) is 3.10. The van der Waals surface area contributed by atoms with Gasteiger partial charge in [-0.25, -0.2) is 0 Å². The third-order valence-corrected chi connectivity index (χ3v) is 6.57. The van der Waals surface area contributed by atoms with Crippen LogP contribution in [0.4, 0.5) is 19.0 Å². The largest absolute Gasteiger partial charge is 0.573 e. The molecule has 0 bridgehead atoms. The number of fused-ring (bicyclic) bond motifs is 1. The number of alkyl halides is 3. The first-order valence-electron chi connectivity index (χ1n) is 11.1. The van der Waals surface area contributed by atoms with Crippen molar-refractivity contribution >= 4 is 22.7 Å². The minimum absolute atomic E-state index is 0.0536. The number of benzene rings is 1. The SMILES string of the molecule is CC(C)[C@H]1CC[C@@H](N2CC(NC(=O)CNc3noc4ccc(OC(F)(F)F)cc34)C2)CC1. The Kier molecular flexibility index (Phi) is 6.50. The van der Waals surface area contributed by atoms with Crippen molar-refractivity contribution in [3.8, 4) is 5.75 Å². The summed E-state index contributed by atoms with van der Waals surface area (Å²) >= 11 is 0. The fourth-order valence-corrected chi connectivity index (χ4v) is 4.72. The Morgan fingerprint density at radius 3 is 2.62 bits per heavy atom. The summed E-state index contributed by atoms with van der Waals surface area (Å²) in [5, 5.41) is 9.93. The number of hydrogen-bond acceptors (Lipinski definition) is 6. The van der Waals surface area contributed by atoms with E-state index in [2.05, 4.69) is 39.3 Å². The zero-order valence-electron chi connectivity index (χ0n) is 18.2. The Balaban J connectivity index is 1.22. The van der Waals surface area contributed by atoms with E-state index in [1.54, 1.807) is 0 Å². The molecule has 0 unspecified atom stereocenters. The Morgan fingerprint density at radius 1 is 1.25 bits per heavy atom. The number of nitrogens with zero attached hydrogens (tertiary/aromatic N) is 2. The van der Waals surface area contributed by atoms with Crippen molar-refractivity contribution in [2.75, 3.05) is 25.0 Å². The molecule has 2 aromatic rings. The van der Waals surface area contributed by atoms with E-state index in [-0.39, 0.29) is 30.1 Å². The van der Waals surface area contributed by atoms with Gasteiger partial charge in [0.25, 0.3) is 0 Å². The van der Waals surface area contributed by atoms with E-state index in [4.69, 9.17) is 4.52 Å². The van der Waals surface area contributed by atoms with Gasteiger partial charge in [0.2, 0.25) is 5.91 Å². The first-order valence-corrected chi connectivity index (χ1v) is 11.1. The number of halogens is 3. The molecule has 176 valence electrons. The molecule has 2 heterocycles. The number of carbonyl (C=O) groups is 1. The number of anilines is 1. The highest BCUT2D eigenvalue weighted by atomic mass is 19.4. The van der Waals surface area contributed by atoms with Gasteiger partial charge >= 0.3 is 6.36 Å². The van der Waals surface area contributed by atoms with Gasteiger partial charge in [-0.05, 0) is 55.7 Å². The summed E-state index contributed by atoms with van der Waals surface area (Å²) in [5.74, 6) is 1.20. The highest BCUT2D eigenvalue weighted by molar-refractivity contribution is 5.91. The second kappa shape index (κ2) is 9.17. The summed E-state index contributed by atoms with van der Waals surface area (Å²) in [6.07, 6.45) is 0.222. The van der Waals surface area contributed by atoms with Crippen LogP contribution in [0.5, 0.6) is 5.75 Å². The molecule has 2 aliphatic rings. The van der Waals surface area contributed by atoms with Crippen molar-refractivity contribution in [2.24, 2.45) is 11.8 Å². The van der Waals surface area contributed by atoms with Crippen LogP contribution in [0.15, 0.2) is 22.7 Å². The molecule has 4 rings (SSSR count). The monoisotopic (exact) mass is 454 g/mol. The van der Waals surface area contributed by atoms with E-state index in [1.165, 1.54) is 37.8 Å². The van der Waals surface area contributed by atoms with Crippen LogP contribution in [-0.4, -0.2) is 54.0 Å². The summed E-state index contributed by atoms with van der Waals surface area (Å²) in [5.41, 5.74) is 0.296. The summed E-state index contributed by atoms with van der Waals surface area (Å²) in [6.45, 7) is 6.25. The van der Waals surface area contributed by atoms with Gasteiger partial charge in [-0.15, -0.1) is 13.2 Å². The molecule has 1 amide bonds. The van der Waals surface area contributed by atoms with Crippen molar-refractivity contribution < 1.29 is 27.2 Å². The molecule has 0 spiro atoms. The Hall–Kier alpha value is -2.49. The lowest BCUT2D eigenvalue weighted by atomic mass is 9.78. The van der Waals surface area contributed by atoms with Crippen molar-refractivity contribution in [1.82, 2.24) is 15.4 Å². The number of aromatic nitrogens is 1. The number of amides is 1. The first-order chi connectivity index (χ1) is 15.2. The van der Waals surface area contributed by atoms with Crippen LogP contribution in [-0.2, 0) is 4.79 Å². The van der Waals surface area contributed by atoms with Gasteiger partial charge in [0, 0.05) is 19.1 Å². The van der Waals surface area contributed by atoms with Crippen LogP contribution in [0.2, 0.25) is 0 Å². The van der Waals surface area contributed by atoms with Crippen molar-refractivity contribution in [3.05, 3.63) is 18.2 Å². The number of likely N-dealkylation sites (tertiary alicyclic amines) is 1. The van der Waals surface area contributed by atoms with E-state index in [1.807, 2.05) is 0 Å². The molecular weight excluding hydrogens is 425 g/mol. The Bertz CT molecular complexity index is 932. The molecule has 1 saturated carbocycles. The maximum absolute atomic E-state index is 12.4. The quantitative estimate of drug-likeness (QED) is 0.654. The van der Waals surface area contributed by atoms with Crippen molar-refractivity contribution in [1.29, 1.82) is 0 Å². The van der Waals surface area contributed by atoms with Gasteiger partial charge < -0.3 is 19.9 Å². The fraction of sp³-hybridized carbons (Fsp3) is 0.636. The molecule has 1 aliphatic carbocycles. The summed E-state index contributed by atoms with van der Waals surface area (Å²) in [7, 11) is 0. The van der Waals surface area contributed by atoms with Gasteiger partial charge in [0.05, 0.1) is 18.0 Å². The van der Waals surface area contributed by atoms with Gasteiger partial charge in [-0.3, -0.25) is 9.69 Å². The third-order valence-electron chi connectivity index (χ3n) is 6.57. The van der Waals surface area contributed by atoms with E-state index in [0.717, 1.165) is 31.0 Å². The standard InChI is InChI=1S/C22H29F3N4O3/c1-13(2)14-3-5-16(6-4-14)29-11-15(12-29)27-20(30)10-26-21-18-9-17(31-22(23,24)25)7-8-19(18)32-28-21/h7-9,13-16H,3-6,10-12H2,1-2H3,(H,26,28)(H,27,30)/t14-,16+. The van der Waals surface area contributed by atoms with Gasteiger partial charge in [0.15, 0.2) is 11.4 Å². The van der Waals surface area contributed by atoms with Crippen LogP contribution in [0, 0.1) is 11.8 Å².